The van der Waals surface area contributed by atoms with E-state index in [0.29, 0.717) is 0 Å². The molecular weight excluding hydrogens is 100 g/mol. The lowest BCUT2D eigenvalue weighted by molar-refractivity contribution is 1.47. The number of hydrogen-bond acceptors (Lipinski definition) is 2. The molecule has 0 spiro atoms. The number of allylic oxidation sites excluding steroid dienone is 1. The Bertz CT molecular complexity index is 97.7. The van der Waals surface area contributed by atoms with Crippen molar-refractivity contribution in [3.05, 3.63) is 12.3 Å². The molecule has 0 aromatic carbocycles. The van der Waals surface area contributed by atoms with E-state index in [4.69, 9.17) is 0 Å². The lowest BCUT2D eigenvalue weighted by Gasteiger charge is -1.69. The molecule has 44 valence electrons. The first kappa shape index (κ1) is 7.08. The van der Waals surface area contributed by atoms with Crippen molar-refractivity contribution < 1.29 is 0 Å². The minimum absolute atomic E-state index is 1.69. The van der Waals surface area contributed by atoms with E-state index in [1.165, 1.54) is 0 Å². The largest absolute Gasteiger partial charge is 0.296 e. The number of hydrogen-bond donors (Lipinski definition) is 0. The van der Waals surface area contributed by atoms with Crippen molar-refractivity contribution in [2.24, 2.45) is 9.98 Å². The minimum Gasteiger partial charge on any atom is -0.296 e. The molecule has 8 heavy (non-hydrogen) atoms. The monoisotopic (exact) mass is 110 g/mol. The van der Waals surface area contributed by atoms with Crippen molar-refractivity contribution in [1.82, 2.24) is 0 Å². The summed E-state index contributed by atoms with van der Waals surface area (Å²) in [6.45, 7) is 1.87. The Morgan fingerprint density at radius 2 is 2.12 bits per heavy atom. The first-order chi connectivity index (χ1) is 3.91. The fourth-order valence-electron chi connectivity index (χ4n) is 0.260. The molecule has 0 radical (unpaired) electrons. The van der Waals surface area contributed by atoms with Gasteiger partial charge in [0.1, 0.15) is 0 Å². The maximum atomic E-state index is 3.81. The summed E-state index contributed by atoms with van der Waals surface area (Å²) in [4.78, 5) is 7.53. The van der Waals surface area contributed by atoms with Crippen LogP contribution in [0.5, 0.6) is 0 Å². The zero-order valence-corrected chi connectivity index (χ0v) is 5.20. The normalized spacial score (nSPS) is 12.8. The number of nitrogens with zero attached hydrogens (tertiary/aromatic N) is 2. The van der Waals surface area contributed by atoms with Gasteiger partial charge in [0.05, 0.1) is 0 Å². The van der Waals surface area contributed by atoms with E-state index in [0.717, 1.165) is 0 Å². The molecule has 0 aromatic rings. The second kappa shape index (κ2) is 6.08. The van der Waals surface area contributed by atoms with Crippen LogP contribution in [0.3, 0.4) is 0 Å². The van der Waals surface area contributed by atoms with E-state index in [1.807, 2.05) is 6.92 Å². The zero-order chi connectivity index (χ0) is 6.24. The van der Waals surface area contributed by atoms with Gasteiger partial charge in [-0.3, -0.25) is 9.98 Å². The summed E-state index contributed by atoms with van der Waals surface area (Å²) in [7, 11) is 1.72. The summed E-state index contributed by atoms with van der Waals surface area (Å²) in [5, 5.41) is 0. The summed E-state index contributed by atoms with van der Waals surface area (Å²) >= 11 is 0. The first-order valence-electron chi connectivity index (χ1n) is 2.47. The Kier molecular flexibility index (Phi) is 5.38. The van der Waals surface area contributed by atoms with E-state index in [2.05, 4.69) is 9.98 Å². The molecule has 2 nitrogen and oxygen atoms in total. The molecule has 0 aliphatic heterocycles. The fourth-order valence-corrected chi connectivity index (χ4v) is 0.260. The van der Waals surface area contributed by atoms with Crippen LogP contribution in [-0.4, -0.2) is 19.5 Å². The highest BCUT2D eigenvalue weighted by atomic mass is 14.7. The van der Waals surface area contributed by atoms with Gasteiger partial charge < -0.3 is 0 Å². The van der Waals surface area contributed by atoms with E-state index >= 15 is 0 Å². The number of aliphatic imine (C=N–C) groups is 2. The van der Waals surface area contributed by atoms with Gasteiger partial charge >= 0.3 is 0 Å². The molecule has 0 saturated carbocycles. The maximum Gasteiger partial charge on any atom is 0.0278 e. The van der Waals surface area contributed by atoms with Crippen molar-refractivity contribution in [3.8, 4) is 0 Å². The van der Waals surface area contributed by atoms with Gasteiger partial charge in [0.2, 0.25) is 0 Å². The predicted octanol–water partition coefficient (Wildman–Crippen LogP) is 1.29. The van der Waals surface area contributed by atoms with Crippen LogP contribution in [0.15, 0.2) is 22.3 Å². The van der Waals surface area contributed by atoms with Crippen LogP contribution >= 0.6 is 0 Å². The second-order valence-corrected chi connectivity index (χ2v) is 1.16. The van der Waals surface area contributed by atoms with Crippen molar-refractivity contribution in [2.75, 3.05) is 7.05 Å². The molecular formula is C6H10N2. The molecule has 0 amide bonds. The lowest BCUT2D eigenvalue weighted by atomic mass is 10.6. The van der Waals surface area contributed by atoms with Crippen LogP contribution in [0, 0.1) is 0 Å². The smallest absolute Gasteiger partial charge is 0.0278 e. The van der Waals surface area contributed by atoms with Crippen LogP contribution < -0.4 is 0 Å². The summed E-state index contributed by atoms with van der Waals surface area (Å²) in [5.74, 6) is 0. The highest BCUT2D eigenvalue weighted by Gasteiger charge is 1.56. The summed E-state index contributed by atoms with van der Waals surface area (Å²) in [5.41, 5.74) is 0. The molecule has 0 aromatic heterocycles. The maximum absolute atomic E-state index is 3.81. The van der Waals surface area contributed by atoms with Gasteiger partial charge in [0.15, 0.2) is 0 Å². The van der Waals surface area contributed by atoms with Crippen LogP contribution in [0.2, 0.25) is 0 Å². The molecule has 0 atom stereocenters. The third kappa shape index (κ3) is 5.08. The molecule has 0 heterocycles. The molecule has 0 aliphatic rings. The first-order valence-corrected chi connectivity index (χ1v) is 2.47. The molecule has 0 N–H and O–H groups in total. The van der Waals surface area contributed by atoms with Crippen molar-refractivity contribution in [1.29, 1.82) is 0 Å². The van der Waals surface area contributed by atoms with Gasteiger partial charge in [-0.25, -0.2) is 0 Å². The van der Waals surface area contributed by atoms with Crippen LogP contribution in [0.4, 0.5) is 0 Å². The van der Waals surface area contributed by atoms with E-state index in [1.54, 1.807) is 31.8 Å². The van der Waals surface area contributed by atoms with Crippen LogP contribution in [0.1, 0.15) is 6.92 Å². The lowest BCUT2D eigenvalue weighted by Crippen LogP contribution is -1.60. The van der Waals surface area contributed by atoms with Gasteiger partial charge in [-0.15, -0.1) is 0 Å². The van der Waals surface area contributed by atoms with Crippen LogP contribution in [-0.2, 0) is 0 Å². The molecule has 0 saturated heterocycles. The second-order valence-electron chi connectivity index (χ2n) is 1.16. The highest BCUT2D eigenvalue weighted by Crippen LogP contribution is 1.68. The summed E-state index contributed by atoms with van der Waals surface area (Å²) in [6.07, 6.45) is 6.88. The summed E-state index contributed by atoms with van der Waals surface area (Å²) < 4.78 is 0. The third-order valence-corrected chi connectivity index (χ3v) is 0.556. The van der Waals surface area contributed by atoms with E-state index in [9.17, 15) is 0 Å². The Morgan fingerprint density at radius 1 is 1.38 bits per heavy atom. The van der Waals surface area contributed by atoms with Gasteiger partial charge in [0, 0.05) is 25.7 Å². The Labute approximate surface area is 49.7 Å². The Hall–Kier alpha value is -0.920. The third-order valence-electron chi connectivity index (χ3n) is 0.556. The topological polar surface area (TPSA) is 24.7 Å². The fraction of sp³-hybridized carbons (Fsp3) is 0.333. The van der Waals surface area contributed by atoms with Gasteiger partial charge in [-0.1, -0.05) is 0 Å². The van der Waals surface area contributed by atoms with E-state index in [-0.39, 0.29) is 0 Å². The average molecular weight is 110 g/mol. The van der Waals surface area contributed by atoms with E-state index < -0.39 is 0 Å². The average Bonchev–Trinajstić information content (AvgIpc) is 1.81. The van der Waals surface area contributed by atoms with Gasteiger partial charge in [-0.05, 0) is 13.0 Å². The van der Waals surface area contributed by atoms with Crippen molar-refractivity contribution >= 4 is 12.4 Å². The SMILES string of the molecule is CC=N/C=C\C=NC. The molecule has 2 heteroatoms. The van der Waals surface area contributed by atoms with Gasteiger partial charge in [-0.2, -0.15) is 0 Å². The van der Waals surface area contributed by atoms with Crippen molar-refractivity contribution in [2.45, 2.75) is 6.92 Å². The molecule has 0 bridgehead atoms. The zero-order valence-electron chi connectivity index (χ0n) is 5.20. The molecule has 0 rings (SSSR count). The Balaban J connectivity index is 3.35. The minimum atomic E-state index is 1.69. The number of rotatable bonds is 2. The Morgan fingerprint density at radius 3 is 2.62 bits per heavy atom. The summed E-state index contributed by atoms with van der Waals surface area (Å²) in [6, 6.07) is 0. The van der Waals surface area contributed by atoms with Gasteiger partial charge in [0.25, 0.3) is 0 Å². The quantitative estimate of drug-likeness (QED) is 0.478. The van der Waals surface area contributed by atoms with Crippen molar-refractivity contribution in [3.63, 3.8) is 0 Å². The molecule has 0 fully saturated rings. The predicted molar refractivity (Wildman–Crippen MR) is 37.7 cm³/mol. The molecule has 0 unspecified atom stereocenters. The van der Waals surface area contributed by atoms with Crippen LogP contribution in [0.25, 0.3) is 0 Å². The molecule has 0 aliphatic carbocycles. The highest BCUT2D eigenvalue weighted by molar-refractivity contribution is 5.71. The standard InChI is InChI=1S/C6H10N2/c1-3-8-6-4-5-7-2/h3-6H,1-2H3/b6-4-,7-5?,8-3?.